The van der Waals surface area contributed by atoms with Gasteiger partial charge in [-0.1, -0.05) is 99.2 Å². The molecule has 0 heteroatoms. The lowest BCUT2D eigenvalue weighted by Crippen LogP contribution is -2.30. The van der Waals surface area contributed by atoms with Crippen LogP contribution in [-0.4, -0.2) is 0 Å². The van der Waals surface area contributed by atoms with Gasteiger partial charge in [0.25, 0.3) is 0 Å². The van der Waals surface area contributed by atoms with Crippen molar-refractivity contribution in [3.63, 3.8) is 0 Å². The summed E-state index contributed by atoms with van der Waals surface area (Å²) >= 11 is 0. The monoisotopic (exact) mass is 264 g/mol. The van der Waals surface area contributed by atoms with Crippen LogP contribution in [0, 0.1) is 11.8 Å². The van der Waals surface area contributed by atoms with Crippen molar-refractivity contribution in [2.45, 2.75) is 62.8 Å². The van der Waals surface area contributed by atoms with E-state index >= 15 is 0 Å². The molecule has 2 rings (SSSR count). The van der Waals surface area contributed by atoms with Gasteiger partial charge in [-0.05, 0) is 22.3 Å². The summed E-state index contributed by atoms with van der Waals surface area (Å²) in [6.45, 7) is 16.5. The van der Waals surface area contributed by atoms with Gasteiger partial charge in [0.15, 0.2) is 0 Å². The molecule has 0 nitrogen and oxygen atoms in total. The Hall–Kier alpha value is -1.04. The number of benzene rings is 1. The number of hydrogen-bond acceptors (Lipinski definition) is 0. The zero-order valence-electron chi connectivity index (χ0n) is 13.6. The smallest absolute Gasteiger partial charge is 0.0192 e. The van der Waals surface area contributed by atoms with Crippen LogP contribution in [0.1, 0.15) is 62.8 Å². The first-order valence-corrected chi connectivity index (χ1v) is 7.56. The molecule has 0 bridgehead atoms. The van der Waals surface area contributed by atoms with Crippen molar-refractivity contribution in [1.82, 2.24) is 0 Å². The third kappa shape index (κ3) is 7.87. The lowest BCUT2D eigenvalue weighted by atomic mass is 9.90. The second kappa shape index (κ2) is 15.0. The fourth-order valence-electron chi connectivity index (χ4n) is 1.68. The summed E-state index contributed by atoms with van der Waals surface area (Å²) in [5.74, 6) is 1.36. The average molecular weight is 264 g/mol. The van der Waals surface area contributed by atoms with Gasteiger partial charge in [0.2, 0.25) is 0 Å². The van der Waals surface area contributed by atoms with Crippen LogP contribution < -0.4 is 10.4 Å². The van der Waals surface area contributed by atoms with E-state index in [0.29, 0.717) is 11.8 Å². The van der Waals surface area contributed by atoms with Crippen molar-refractivity contribution < 1.29 is 0 Å². The predicted octanol–water partition coefficient (Wildman–Crippen LogP) is 5.25. The summed E-state index contributed by atoms with van der Waals surface area (Å²) in [6.07, 6.45) is 4.72. The minimum Gasteiger partial charge on any atom is -0.0776 e. The van der Waals surface area contributed by atoms with Crippen LogP contribution in [0.2, 0.25) is 0 Å². The van der Waals surface area contributed by atoms with Gasteiger partial charge in [-0.3, -0.25) is 0 Å². The summed E-state index contributed by atoms with van der Waals surface area (Å²) in [6, 6.07) is 8.58. The lowest BCUT2D eigenvalue weighted by molar-refractivity contribution is 0.608. The van der Waals surface area contributed by atoms with Crippen LogP contribution in [-0.2, 0) is 0 Å². The van der Waals surface area contributed by atoms with Crippen molar-refractivity contribution in [1.29, 1.82) is 0 Å². The Kier molecular flexibility index (Phi) is 18.2. The summed E-state index contributed by atoms with van der Waals surface area (Å²) < 4.78 is 0. The first kappa shape index (κ1) is 23.1. The van der Waals surface area contributed by atoms with Gasteiger partial charge in [0.1, 0.15) is 0 Å². The SMILES string of the molecule is C.CC.CC.CC.CC1C=c2ccccc2=CC1C. The molecule has 1 aliphatic carbocycles. The Labute approximate surface area is 122 Å². The van der Waals surface area contributed by atoms with E-state index in [2.05, 4.69) is 50.3 Å². The van der Waals surface area contributed by atoms with Crippen LogP contribution in [0.5, 0.6) is 0 Å². The summed E-state index contributed by atoms with van der Waals surface area (Å²) in [4.78, 5) is 0. The zero-order valence-corrected chi connectivity index (χ0v) is 13.6. The molecule has 19 heavy (non-hydrogen) atoms. The Bertz CT molecular complexity index is 348. The first-order chi connectivity index (χ1) is 8.77. The van der Waals surface area contributed by atoms with Crippen molar-refractivity contribution in [2.24, 2.45) is 11.8 Å². The van der Waals surface area contributed by atoms with Crippen molar-refractivity contribution in [3.05, 3.63) is 34.7 Å². The topological polar surface area (TPSA) is 0 Å². The highest BCUT2D eigenvalue weighted by Gasteiger charge is 2.09. The molecule has 0 heterocycles. The molecule has 2 atom stereocenters. The number of fused-ring (bicyclic) bond motifs is 1. The van der Waals surface area contributed by atoms with E-state index in [-0.39, 0.29) is 7.43 Å². The van der Waals surface area contributed by atoms with Crippen LogP contribution in [0.25, 0.3) is 12.2 Å². The largest absolute Gasteiger partial charge is 0.0776 e. The predicted molar refractivity (Wildman–Crippen MR) is 93.7 cm³/mol. The third-order valence-corrected chi connectivity index (χ3v) is 2.71. The van der Waals surface area contributed by atoms with Gasteiger partial charge in [-0.25, -0.2) is 0 Å². The zero-order chi connectivity index (χ0) is 14.6. The van der Waals surface area contributed by atoms with Gasteiger partial charge in [0, 0.05) is 0 Å². The van der Waals surface area contributed by atoms with Crippen LogP contribution in [0.3, 0.4) is 0 Å². The molecule has 1 aliphatic rings. The normalized spacial score (nSPS) is 17.9. The Morgan fingerprint density at radius 2 is 0.895 bits per heavy atom. The minimum absolute atomic E-state index is 0. The fourth-order valence-corrected chi connectivity index (χ4v) is 1.68. The van der Waals surface area contributed by atoms with E-state index in [1.165, 1.54) is 10.4 Å². The van der Waals surface area contributed by atoms with Crippen molar-refractivity contribution in [3.8, 4) is 0 Å². The Balaban J connectivity index is -0.000000325. The molecule has 0 fully saturated rings. The molecule has 112 valence electrons. The highest BCUT2D eigenvalue weighted by Crippen LogP contribution is 2.14. The highest BCUT2D eigenvalue weighted by molar-refractivity contribution is 5.41. The molecule has 0 aliphatic heterocycles. The molecular formula is C19H36. The summed E-state index contributed by atoms with van der Waals surface area (Å²) in [5, 5.41) is 2.78. The molecule has 0 amide bonds. The van der Waals surface area contributed by atoms with Gasteiger partial charge in [-0.2, -0.15) is 0 Å². The molecule has 0 aromatic heterocycles. The average Bonchev–Trinajstić information content (AvgIpc) is 2.47. The molecule has 0 saturated heterocycles. The van der Waals surface area contributed by atoms with Gasteiger partial charge < -0.3 is 0 Å². The van der Waals surface area contributed by atoms with E-state index < -0.39 is 0 Å². The van der Waals surface area contributed by atoms with E-state index in [9.17, 15) is 0 Å². The standard InChI is InChI=1S/C12H14.3C2H6.CH4/c1-9-7-11-5-3-4-6-12(11)8-10(9)2;3*1-2;/h3-10H,1-2H3;3*1-2H3;1H4. The molecule has 0 spiro atoms. The fraction of sp³-hybridized carbons (Fsp3) is 0.579. The molecular weight excluding hydrogens is 228 g/mol. The van der Waals surface area contributed by atoms with Crippen molar-refractivity contribution in [2.75, 3.05) is 0 Å². The highest BCUT2D eigenvalue weighted by atomic mass is 14.1. The third-order valence-electron chi connectivity index (χ3n) is 2.71. The first-order valence-electron chi connectivity index (χ1n) is 7.56. The van der Waals surface area contributed by atoms with Crippen LogP contribution in [0.4, 0.5) is 0 Å². The van der Waals surface area contributed by atoms with Crippen molar-refractivity contribution >= 4 is 12.2 Å². The second-order valence-electron chi connectivity index (χ2n) is 3.68. The van der Waals surface area contributed by atoms with E-state index in [0.717, 1.165) is 0 Å². The van der Waals surface area contributed by atoms with E-state index in [4.69, 9.17) is 0 Å². The molecule has 2 unspecified atom stereocenters. The summed E-state index contributed by atoms with van der Waals surface area (Å²) in [5.41, 5.74) is 0. The quantitative estimate of drug-likeness (QED) is 0.600. The summed E-state index contributed by atoms with van der Waals surface area (Å²) in [7, 11) is 0. The minimum atomic E-state index is 0. The molecule has 1 aromatic carbocycles. The number of rotatable bonds is 0. The number of hydrogen-bond donors (Lipinski definition) is 0. The maximum atomic E-state index is 2.36. The lowest BCUT2D eigenvalue weighted by Gasteiger charge is -2.15. The Morgan fingerprint density at radius 1 is 0.632 bits per heavy atom. The van der Waals surface area contributed by atoms with E-state index in [1.54, 1.807) is 0 Å². The van der Waals surface area contributed by atoms with Gasteiger partial charge in [-0.15, -0.1) is 0 Å². The van der Waals surface area contributed by atoms with Crippen LogP contribution in [0.15, 0.2) is 24.3 Å². The molecule has 0 saturated carbocycles. The Morgan fingerprint density at radius 3 is 1.16 bits per heavy atom. The maximum absolute atomic E-state index is 2.36. The van der Waals surface area contributed by atoms with Gasteiger partial charge >= 0.3 is 0 Å². The van der Waals surface area contributed by atoms with Gasteiger partial charge in [0.05, 0.1) is 0 Å². The van der Waals surface area contributed by atoms with E-state index in [1.807, 2.05) is 41.5 Å². The maximum Gasteiger partial charge on any atom is -0.0192 e. The molecule has 1 aromatic rings. The second-order valence-corrected chi connectivity index (χ2v) is 3.68. The molecule has 0 N–H and O–H groups in total. The van der Waals surface area contributed by atoms with Crippen LogP contribution >= 0.6 is 0 Å². The molecule has 0 radical (unpaired) electrons.